The summed E-state index contributed by atoms with van der Waals surface area (Å²) in [4.78, 5) is 0. The van der Waals surface area contributed by atoms with E-state index < -0.39 is 22.6 Å². The van der Waals surface area contributed by atoms with Crippen LogP contribution in [0.1, 0.15) is 12.8 Å². The Balaban J connectivity index is 2.46. The summed E-state index contributed by atoms with van der Waals surface area (Å²) in [6.45, 7) is -0.225. The summed E-state index contributed by atoms with van der Waals surface area (Å²) in [6.07, 6.45) is -5.52. The van der Waals surface area contributed by atoms with Gasteiger partial charge in [-0.15, -0.1) is 11.3 Å². The average molecular weight is 352 g/mol. The van der Waals surface area contributed by atoms with Crippen LogP contribution in [0.5, 0.6) is 0 Å². The van der Waals surface area contributed by atoms with Crippen LogP contribution >= 0.6 is 27.3 Å². The van der Waals surface area contributed by atoms with E-state index >= 15 is 0 Å². The highest BCUT2D eigenvalue weighted by atomic mass is 79.9. The molecule has 0 aromatic carbocycles. The van der Waals surface area contributed by atoms with Crippen LogP contribution in [-0.4, -0.2) is 21.1 Å². The largest absolute Gasteiger partial charge is 0.389 e. The van der Waals surface area contributed by atoms with Gasteiger partial charge in [0, 0.05) is 13.0 Å². The highest BCUT2D eigenvalue weighted by Crippen LogP contribution is 2.26. The normalized spacial score (nSPS) is 12.9. The molecule has 3 nitrogen and oxygen atoms in total. The first kappa shape index (κ1) is 14.9. The molecule has 0 amide bonds. The molecule has 1 rings (SSSR count). The Morgan fingerprint density at radius 1 is 1.35 bits per heavy atom. The number of rotatable bonds is 5. The van der Waals surface area contributed by atoms with Crippen molar-refractivity contribution in [2.75, 3.05) is 6.54 Å². The van der Waals surface area contributed by atoms with Gasteiger partial charge in [-0.2, -0.15) is 13.2 Å². The van der Waals surface area contributed by atoms with Gasteiger partial charge in [-0.05, 0) is 34.5 Å². The van der Waals surface area contributed by atoms with E-state index in [1.54, 1.807) is 6.07 Å². The number of alkyl halides is 3. The fourth-order valence-electron chi connectivity index (χ4n) is 1.01. The molecule has 17 heavy (non-hydrogen) atoms. The molecular weight excluding hydrogens is 343 g/mol. The van der Waals surface area contributed by atoms with Crippen molar-refractivity contribution in [2.45, 2.75) is 23.2 Å². The van der Waals surface area contributed by atoms with Crippen LogP contribution in [0.25, 0.3) is 0 Å². The van der Waals surface area contributed by atoms with Crippen LogP contribution in [0.15, 0.2) is 20.1 Å². The standard InChI is InChI=1S/C8H9BrF3NO2S2/c9-6-2-3-7(16-6)17(14,15)13-5-1-4-8(10,11)12/h2-3,13H,1,4-5H2. The molecule has 0 aliphatic rings. The van der Waals surface area contributed by atoms with Crippen LogP contribution < -0.4 is 4.72 Å². The number of hydrogen-bond donors (Lipinski definition) is 1. The van der Waals surface area contributed by atoms with Crippen molar-refractivity contribution in [2.24, 2.45) is 0 Å². The van der Waals surface area contributed by atoms with Gasteiger partial charge in [-0.25, -0.2) is 13.1 Å². The maximum atomic E-state index is 11.8. The zero-order valence-corrected chi connectivity index (χ0v) is 11.6. The van der Waals surface area contributed by atoms with Crippen LogP contribution in [0.2, 0.25) is 0 Å². The first-order valence-electron chi connectivity index (χ1n) is 4.52. The summed E-state index contributed by atoms with van der Waals surface area (Å²) in [5.41, 5.74) is 0. The molecule has 0 saturated carbocycles. The lowest BCUT2D eigenvalue weighted by Crippen LogP contribution is -2.25. The number of hydrogen-bond acceptors (Lipinski definition) is 3. The third kappa shape index (κ3) is 5.36. The van der Waals surface area contributed by atoms with E-state index in [4.69, 9.17) is 0 Å². The lowest BCUT2D eigenvalue weighted by Gasteiger charge is -2.07. The molecule has 0 saturated heterocycles. The van der Waals surface area contributed by atoms with Crippen LogP contribution in [0.4, 0.5) is 13.2 Å². The third-order valence-corrected chi connectivity index (χ3v) is 5.32. The maximum absolute atomic E-state index is 11.8. The zero-order chi connectivity index (χ0) is 13.1. The van der Waals surface area contributed by atoms with Gasteiger partial charge in [0.25, 0.3) is 0 Å². The fourth-order valence-corrected chi connectivity index (χ4v) is 4.14. The van der Waals surface area contributed by atoms with E-state index in [0.717, 1.165) is 11.3 Å². The van der Waals surface area contributed by atoms with E-state index in [1.165, 1.54) is 6.07 Å². The topological polar surface area (TPSA) is 46.2 Å². The Bertz CT molecular complexity index is 469. The average Bonchev–Trinajstić information content (AvgIpc) is 2.59. The molecule has 1 aromatic heterocycles. The van der Waals surface area contributed by atoms with E-state index in [1.807, 2.05) is 0 Å². The highest BCUT2D eigenvalue weighted by molar-refractivity contribution is 9.11. The lowest BCUT2D eigenvalue weighted by molar-refractivity contribution is -0.135. The Labute approximate surface area is 109 Å². The molecular formula is C8H9BrF3NO2S2. The molecule has 0 aliphatic carbocycles. The van der Waals surface area contributed by atoms with Gasteiger partial charge in [-0.3, -0.25) is 0 Å². The third-order valence-electron chi connectivity index (χ3n) is 1.74. The molecule has 0 spiro atoms. The predicted octanol–water partition coefficient (Wildman–Crippen LogP) is 3.13. The van der Waals surface area contributed by atoms with Gasteiger partial charge in [0.1, 0.15) is 4.21 Å². The van der Waals surface area contributed by atoms with Gasteiger partial charge in [0.05, 0.1) is 3.79 Å². The number of halogens is 4. The quantitative estimate of drug-likeness (QED) is 0.828. The van der Waals surface area contributed by atoms with Gasteiger partial charge in [0.15, 0.2) is 0 Å². The van der Waals surface area contributed by atoms with Crippen LogP contribution in [0, 0.1) is 0 Å². The van der Waals surface area contributed by atoms with Crippen LogP contribution in [-0.2, 0) is 10.0 Å². The van der Waals surface area contributed by atoms with Crippen molar-refractivity contribution in [3.63, 3.8) is 0 Å². The van der Waals surface area contributed by atoms with Gasteiger partial charge in [0.2, 0.25) is 10.0 Å². The molecule has 0 radical (unpaired) electrons. The first-order valence-corrected chi connectivity index (χ1v) is 7.62. The van der Waals surface area contributed by atoms with Crippen molar-refractivity contribution in [3.8, 4) is 0 Å². The summed E-state index contributed by atoms with van der Waals surface area (Å²) in [5.74, 6) is 0. The molecule has 0 atom stereocenters. The molecule has 9 heteroatoms. The SMILES string of the molecule is O=S(=O)(NCCCC(F)(F)F)c1ccc(Br)s1. The summed E-state index contributed by atoms with van der Waals surface area (Å²) in [5, 5.41) is 0. The molecule has 0 fully saturated rings. The highest BCUT2D eigenvalue weighted by Gasteiger charge is 2.26. The van der Waals surface area contributed by atoms with Gasteiger partial charge >= 0.3 is 6.18 Å². The minimum absolute atomic E-state index is 0.0800. The van der Waals surface area contributed by atoms with Crippen molar-refractivity contribution < 1.29 is 21.6 Å². The molecule has 0 unspecified atom stereocenters. The Kier molecular flexibility index (Phi) is 4.99. The van der Waals surface area contributed by atoms with Crippen LogP contribution in [0.3, 0.4) is 0 Å². The molecule has 1 aromatic rings. The zero-order valence-electron chi connectivity index (χ0n) is 8.42. The summed E-state index contributed by atoms with van der Waals surface area (Å²) in [6, 6.07) is 2.95. The maximum Gasteiger partial charge on any atom is 0.389 e. The van der Waals surface area contributed by atoms with E-state index in [0.29, 0.717) is 3.79 Å². The van der Waals surface area contributed by atoms with Crippen molar-refractivity contribution >= 4 is 37.3 Å². The van der Waals surface area contributed by atoms with E-state index in [-0.39, 0.29) is 17.2 Å². The molecule has 0 bridgehead atoms. The monoisotopic (exact) mass is 351 g/mol. The smallest absolute Gasteiger partial charge is 0.210 e. The number of nitrogens with one attached hydrogen (secondary N) is 1. The number of sulfonamides is 1. The second-order valence-corrected chi connectivity index (χ2v) is 7.63. The summed E-state index contributed by atoms with van der Waals surface area (Å²) >= 11 is 4.11. The minimum atomic E-state index is -4.25. The van der Waals surface area contributed by atoms with Gasteiger partial charge < -0.3 is 0 Å². The fraction of sp³-hybridized carbons (Fsp3) is 0.500. The minimum Gasteiger partial charge on any atom is -0.210 e. The van der Waals surface area contributed by atoms with E-state index in [2.05, 4.69) is 20.7 Å². The molecule has 0 aliphatic heterocycles. The van der Waals surface area contributed by atoms with E-state index in [9.17, 15) is 21.6 Å². The Hall–Kier alpha value is -0.120. The second kappa shape index (κ2) is 5.68. The Morgan fingerprint density at radius 2 is 2.00 bits per heavy atom. The van der Waals surface area contributed by atoms with Crippen molar-refractivity contribution in [3.05, 3.63) is 15.9 Å². The molecule has 1 N–H and O–H groups in total. The van der Waals surface area contributed by atoms with Crippen molar-refractivity contribution in [1.29, 1.82) is 0 Å². The van der Waals surface area contributed by atoms with Crippen molar-refractivity contribution in [1.82, 2.24) is 4.72 Å². The summed E-state index contributed by atoms with van der Waals surface area (Å²) in [7, 11) is -3.69. The Morgan fingerprint density at radius 3 is 2.47 bits per heavy atom. The van der Waals surface area contributed by atoms with Gasteiger partial charge in [-0.1, -0.05) is 0 Å². The summed E-state index contributed by atoms with van der Waals surface area (Å²) < 4.78 is 61.4. The lowest BCUT2D eigenvalue weighted by atomic mass is 10.3. The predicted molar refractivity (Wildman–Crippen MR) is 62.5 cm³/mol. The first-order chi connectivity index (χ1) is 7.71. The molecule has 98 valence electrons. The number of thiophene rings is 1. The molecule has 1 heterocycles. The second-order valence-electron chi connectivity index (χ2n) is 3.18.